The van der Waals surface area contributed by atoms with Crippen molar-refractivity contribution in [3.63, 3.8) is 0 Å². The maximum atomic E-state index is 9.85. The van der Waals surface area contributed by atoms with E-state index in [-0.39, 0.29) is 12.1 Å². The zero-order chi connectivity index (χ0) is 14.4. The van der Waals surface area contributed by atoms with Gasteiger partial charge in [-0.3, -0.25) is 4.90 Å². The average molecular weight is 331 g/mol. The van der Waals surface area contributed by atoms with Crippen molar-refractivity contribution in [3.8, 4) is 0 Å². The molecule has 108 valence electrons. The van der Waals surface area contributed by atoms with Gasteiger partial charge in [0.1, 0.15) is 0 Å². The molecular formula is C14H23BrN2O2. The SMILES string of the molecule is COCC(O)CN(C)C(c1ccccc1Br)C(C)N. The molecule has 0 aromatic heterocycles. The summed E-state index contributed by atoms with van der Waals surface area (Å²) in [5, 5.41) is 9.85. The Morgan fingerprint density at radius 2 is 2.05 bits per heavy atom. The summed E-state index contributed by atoms with van der Waals surface area (Å²) in [5.74, 6) is 0. The molecule has 0 heterocycles. The van der Waals surface area contributed by atoms with Gasteiger partial charge in [-0.05, 0) is 25.6 Å². The fourth-order valence-corrected chi connectivity index (χ4v) is 2.85. The van der Waals surface area contributed by atoms with Crippen molar-refractivity contribution < 1.29 is 9.84 Å². The van der Waals surface area contributed by atoms with Crippen LogP contribution in [0.3, 0.4) is 0 Å². The number of halogens is 1. The molecule has 3 unspecified atom stereocenters. The topological polar surface area (TPSA) is 58.7 Å². The van der Waals surface area contributed by atoms with E-state index in [1.165, 1.54) is 0 Å². The van der Waals surface area contributed by atoms with Crippen LogP contribution < -0.4 is 5.73 Å². The molecule has 0 amide bonds. The Labute approximate surface area is 123 Å². The van der Waals surface area contributed by atoms with Crippen LogP contribution in [0, 0.1) is 0 Å². The van der Waals surface area contributed by atoms with Gasteiger partial charge in [0.05, 0.1) is 18.8 Å². The summed E-state index contributed by atoms with van der Waals surface area (Å²) in [6.45, 7) is 2.82. The van der Waals surface area contributed by atoms with Crippen LogP contribution in [0.15, 0.2) is 28.7 Å². The summed E-state index contributed by atoms with van der Waals surface area (Å²) in [6, 6.07) is 8.03. The highest BCUT2D eigenvalue weighted by Crippen LogP contribution is 2.29. The second-order valence-corrected chi connectivity index (χ2v) is 5.73. The molecular weight excluding hydrogens is 308 g/mol. The van der Waals surface area contributed by atoms with E-state index in [1.807, 2.05) is 32.2 Å². The number of methoxy groups -OCH3 is 1. The van der Waals surface area contributed by atoms with Crippen LogP contribution >= 0.6 is 15.9 Å². The molecule has 3 N–H and O–H groups in total. The zero-order valence-electron chi connectivity index (χ0n) is 11.7. The molecule has 0 radical (unpaired) electrons. The summed E-state index contributed by atoms with van der Waals surface area (Å²) in [7, 11) is 3.55. The Hall–Kier alpha value is -0.460. The number of likely N-dealkylation sites (N-methyl/N-ethyl adjacent to an activating group) is 1. The fraction of sp³-hybridized carbons (Fsp3) is 0.571. The highest BCUT2D eigenvalue weighted by atomic mass is 79.9. The van der Waals surface area contributed by atoms with Crippen LogP contribution in [0.5, 0.6) is 0 Å². The number of nitrogens with zero attached hydrogens (tertiary/aromatic N) is 1. The molecule has 0 fully saturated rings. The zero-order valence-corrected chi connectivity index (χ0v) is 13.3. The monoisotopic (exact) mass is 330 g/mol. The Bertz CT molecular complexity index is 387. The molecule has 4 nitrogen and oxygen atoms in total. The van der Waals surface area contributed by atoms with Gasteiger partial charge in [-0.1, -0.05) is 34.1 Å². The van der Waals surface area contributed by atoms with Gasteiger partial charge in [-0.2, -0.15) is 0 Å². The molecule has 19 heavy (non-hydrogen) atoms. The van der Waals surface area contributed by atoms with Gasteiger partial charge < -0.3 is 15.6 Å². The summed E-state index contributed by atoms with van der Waals surface area (Å²) >= 11 is 3.56. The molecule has 0 aliphatic rings. The summed E-state index contributed by atoms with van der Waals surface area (Å²) < 4.78 is 5.99. The van der Waals surface area contributed by atoms with E-state index in [4.69, 9.17) is 10.5 Å². The summed E-state index contributed by atoms with van der Waals surface area (Å²) in [5.41, 5.74) is 7.24. The fourth-order valence-electron chi connectivity index (χ4n) is 2.33. The average Bonchev–Trinajstić information content (AvgIpc) is 2.31. The molecule has 0 aliphatic heterocycles. The Morgan fingerprint density at radius 1 is 1.42 bits per heavy atom. The third kappa shape index (κ3) is 4.85. The number of nitrogens with two attached hydrogens (primary N) is 1. The number of aliphatic hydroxyl groups is 1. The first-order valence-electron chi connectivity index (χ1n) is 6.34. The first-order valence-corrected chi connectivity index (χ1v) is 7.14. The minimum atomic E-state index is -0.515. The van der Waals surface area contributed by atoms with Gasteiger partial charge in [0.2, 0.25) is 0 Å². The molecule has 1 aromatic rings. The van der Waals surface area contributed by atoms with E-state index in [1.54, 1.807) is 7.11 Å². The van der Waals surface area contributed by atoms with Crippen LogP contribution in [-0.2, 0) is 4.74 Å². The van der Waals surface area contributed by atoms with Crippen LogP contribution in [0.2, 0.25) is 0 Å². The molecule has 0 aliphatic carbocycles. The second kappa shape index (κ2) is 7.97. The lowest BCUT2D eigenvalue weighted by atomic mass is 9.99. The van der Waals surface area contributed by atoms with Crippen LogP contribution in [0.25, 0.3) is 0 Å². The molecule has 1 aromatic carbocycles. The van der Waals surface area contributed by atoms with Crippen molar-refractivity contribution in [1.29, 1.82) is 0 Å². The Kier molecular flexibility index (Phi) is 6.96. The normalized spacial score (nSPS) is 16.4. The lowest BCUT2D eigenvalue weighted by Gasteiger charge is -2.33. The molecule has 0 spiro atoms. The van der Waals surface area contributed by atoms with E-state index >= 15 is 0 Å². The van der Waals surface area contributed by atoms with Gasteiger partial charge in [-0.25, -0.2) is 0 Å². The number of rotatable bonds is 7. The van der Waals surface area contributed by atoms with Crippen molar-refractivity contribution in [2.24, 2.45) is 5.73 Å². The number of aliphatic hydroxyl groups excluding tert-OH is 1. The first-order chi connectivity index (χ1) is 8.97. The smallest absolute Gasteiger partial charge is 0.0900 e. The summed E-state index contributed by atoms with van der Waals surface area (Å²) in [6.07, 6.45) is -0.515. The quantitative estimate of drug-likeness (QED) is 0.800. The van der Waals surface area contributed by atoms with Gasteiger partial charge in [0.15, 0.2) is 0 Å². The number of hydrogen-bond acceptors (Lipinski definition) is 4. The van der Waals surface area contributed by atoms with Crippen molar-refractivity contribution in [2.45, 2.75) is 25.1 Å². The second-order valence-electron chi connectivity index (χ2n) is 4.87. The predicted octanol–water partition coefficient (Wildman–Crippen LogP) is 1.78. The third-order valence-corrected chi connectivity index (χ3v) is 3.78. The largest absolute Gasteiger partial charge is 0.389 e. The van der Waals surface area contributed by atoms with Crippen molar-refractivity contribution in [3.05, 3.63) is 34.3 Å². The van der Waals surface area contributed by atoms with E-state index in [9.17, 15) is 5.11 Å². The van der Waals surface area contributed by atoms with Crippen molar-refractivity contribution >= 4 is 15.9 Å². The maximum absolute atomic E-state index is 9.85. The van der Waals surface area contributed by atoms with Crippen molar-refractivity contribution in [2.75, 3.05) is 27.3 Å². The van der Waals surface area contributed by atoms with Gasteiger partial charge in [0, 0.05) is 24.2 Å². The molecule has 1 rings (SSSR count). The molecule has 5 heteroatoms. The van der Waals surface area contributed by atoms with E-state index < -0.39 is 6.10 Å². The minimum Gasteiger partial charge on any atom is -0.389 e. The molecule has 3 atom stereocenters. The van der Waals surface area contributed by atoms with Gasteiger partial charge in [-0.15, -0.1) is 0 Å². The number of ether oxygens (including phenoxy) is 1. The molecule has 0 bridgehead atoms. The van der Waals surface area contributed by atoms with Crippen LogP contribution in [0.1, 0.15) is 18.5 Å². The number of benzene rings is 1. The Balaban J connectivity index is 2.86. The highest BCUT2D eigenvalue weighted by Gasteiger charge is 2.24. The Morgan fingerprint density at radius 3 is 2.58 bits per heavy atom. The van der Waals surface area contributed by atoms with Crippen LogP contribution in [-0.4, -0.2) is 49.5 Å². The molecule has 0 saturated carbocycles. The lowest BCUT2D eigenvalue weighted by Crippen LogP contribution is -2.42. The van der Waals surface area contributed by atoms with E-state index in [0.29, 0.717) is 13.2 Å². The van der Waals surface area contributed by atoms with E-state index in [0.717, 1.165) is 10.0 Å². The highest BCUT2D eigenvalue weighted by molar-refractivity contribution is 9.10. The maximum Gasteiger partial charge on any atom is 0.0900 e. The lowest BCUT2D eigenvalue weighted by molar-refractivity contribution is 0.0316. The molecule has 0 saturated heterocycles. The van der Waals surface area contributed by atoms with Crippen LogP contribution in [0.4, 0.5) is 0 Å². The minimum absolute atomic E-state index is 0.0431. The third-order valence-electron chi connectivity index (χ3n) is 3.05. The predicted molar refractivity (Wildman–Crippen MR) is 81.0 cm³/mol. The van der Waals surface area contributed by atoms with Crippen molar-refractivity contribution in [1.82, 2.24) is 4.90 Å². The van der Waals surface area contributed by atoms with E-state index in [2.05, 4.69) is 26.9 Å². The van der Waals surface area contributed by atoms with Gasteiger partial charge >= 0.3 is 0 Å². The first kappa shape index (κ1) is 16.6. The number of hydrogen-bond donors (Lipinski definition) is 2. The summed E-state index contributed by atoms with van der Waals surface area (Å²) in [4.78, 5) is 2.06. The van der Waals surface area contributed by atoms with Gasteiger partial charge in [0.25, 0.3) is 0 Å². The standard InChI is InChI=1S/C14H23BrN2O2/c1-10(16)14(12-6-4-5-7-13(12)15)17(2)8-11(18)9-19-3/h4-7,10-11,14,18H,8-9,16H2,1-3H3.